The maximum Gasteiger partial charge on any atom is 0.241 e. The minimum absolute atomic E-state index is 0.148. The molecular weight excluding hydrogens is 508 g/mol. The summed E-state index contributed by atoms with van der Waals surface area (Å²) in [5, 5.41) is 28.0. The van der Waals surface area contributed by atoms with Crippen molar-refractivity contribution in [2.75, 3.05) is 23.7 Å². The highest BCUT2D eigenvalue weighted by atomic mass is 16.3. The number of carbonyl (C=O) groups excluding carboxylic acids is 2. The van der Waals surface area contributed by atoms with E-state index in [4.69, 9.17) is 22.9 Å². The normalized spacial score (nSPS) is 12.4. The Morgan fingerprint density at radius 3 is 1.43 bits per heavy atom. The summed E-state index contributed by atoms with van der Waals surface area (Å²) in [6, 6.07) is 5.11. The van der Waals surface area contributed by atoms with E-state index < -0.39 is 23.9 Å². The number of nitrogens with two attached hydrogens (primary N) is 4. The number of phenols is 2. The second-order valence-corrected chi connectivity index (χ2v) is 9.83. The number of phenolic OH excluding ortho intramolecular Hbond substituents is 2. The molecule has 0 aliphatic heterocycles. The molecule has 218 valence electrons. The molecule has 10 nitrogen and oxygen atoms in total. The van der Waals surface area contributed by atoms with Crippen LogP contribution in [0.5, 0.6) is 11.5 Å². The van der Waals surface area contributed by atoms with Gasteiger partial charge in [-0.3, -0.25) is 9.59 Å². The summed E-state index contributed by atoms with van der Waals surface area (Å²) in [4.78, 5) is 25.6. The molecule has 0 aliphatic carbocycles. The van der Waals surface area contributed by atoms with E-state index in [1.54, 1.807) is 36.4 Å². The SMILES string of the molecule is C=CCc1cc(NC(=O)[C@@H](N)CCCCN)c(O)c(-c2cc(CC=C)cc(NC(=O)[C@@H](N)CCCCN)c2O)c1. The highest BCUT2D eigenvalue weighted by Gasteiger charge is 2.22. The number of anilines is 2. The topological polar surface area (TPSA) is 203 Å². The van der Waals surface area contributed by atoms with E-state index in [-0.39, 0.29) is 34.0 Å². The third-order valence-electron chi connectivity index (χ3n) is 6.52. The maximum atomic E-state index is 12.8. The first-order chi connectivity index (χ1) is 19.2. The number of allylic oxidation sites excluding steroid dienone is 2. The van der Waals surface area contributed by atoms with Crippen molar-refractivity contribution in [3.05, 3.63) is 60.7 Å². The lowest BCUT2D eigenvalue weighted by Gasteiger charge is -2.19. The summed E-state index contributed by atoms with van der Waals surface area (Å²) in [5.74, 6) is -1.40. The zero-order valence-electron chi connectivity index (χ0n) is 23.1. The molecule has 2 aromatic carbocycles. The van der Waals surface area contributed by atoms with Gasteiger partial charge in [-0.05, 0) is 87.0 Å². The Balaban J connectivity index is 2.51. The minimum Gasteiger partial charge on any atom is -0.505 e. The van der Waals surface area contributed by atoms with Crippen LogP contribution in [0.1, 0.15) is 49.7 Å². The van der Waals surface area contributed by atoms with Crippen LogP contribution >= 0.6 is 0 Å². The number of nitrogens with one attached hydrogen (secondary N) is 2. The second kappa shape index (κ2) is 16.4. The van der Waals surface area contributed by atoms with Crippen LogP contribution in [0.4, 0.5) is 11.4 Å². The number of rotatable bonds is 17. The quantitative estimate of drug-likeness (QED) is 0.0830. The predicted molar refractivity (Wildman–Crippen MR) is 162 cm³/mol. The zero-order chi connectivity index (χ0) is 29.7. The van der Waals surface area contributed by atoms with E-state index in [9.17, 15) is 19.8 Å². The van der Waals surface area contributed by atoms with Crippen LogP contribution in [-0.4, -0.2) is 47.2 Å². The Labute approximate surface area is 236 Å². The van der Waals surface area contributed by atoms with Gasteiger partial charge in [0.05, 0.1) is 23.5 Å². The molecule has 0 bridgehead atoms. The van der Waals surface area contributed by atoms with Crippen molar-refractivity contribution < 1.29 is 19.8 Å². The number of benzene rings is 2. The lowest BCUT2D eigenvalue weighted by atomic mass is 9.95. The van der Waals surface area contributed by atoms with Gasteiger partial charge < -0.3 is 43.8 Å². The summed E-state index contributed by atoms with van der Waals surface area (Å²) in [7, 11) is 0. The van der Waals surface area contributed by atoms with Crippen molar-refractivity contribution in [3.63, 3.8) is 0 Å². The molecule has 0 saturated carbocycles. The van der Waals surface area contributed by atoms with Gasteiger partial charge >= 0.3 is 0 Å². The minimum atomic E-state index is -0.780. The monoisotopic (exact) mass is 552 g/mol. The first-order valence-corrected chi connectivity index (χ1v) is 13.6. The van der Waals surface area contributed by atoms with E-state index in [1.807, 2.05) is 0 Å². The molecule has 2 aromatic rings. The highest BCUT2D eigenvalue weighted by molar-refractivity contribution is 6.00. The van der Waals surface area contributed by atoms with Gasteiger partial charge in [0.25, 0.3) is 0 Å². The Kier molecular flexibility index (Phi) is 13.3. The molecule has 2 atom stereocenters. The van der Waals surface area contributed by atoms with E-state index in [2.05, 4.69) is 23.8 Å². The summed E-state index contributed by atoms with van der Waals surface area (Å²) < 4.78 is 0. The summed E-state index contributed by atoms with van der Waals surface area (Å²) in [5.41, 5.74) is 25.4. The molecule has 0 spiro atoms. The van der Waals surface area contributed by atoms with Crippen LogP contribution in [0.15, 0.2) is 49.6 Å². The van der Waals surface area contributed by atoms with Crippen LogP contribution in [0.25, 0.3) is 11.1 Å². The molecule has 10 heteroatoms. The average Bonchev–Trinajstić information content (AvgIpc) is 2.92. The molecule has 0 aromatic heterocycles. The molecule has 40 heavy (non-hydrogen) atoms. The number of carbonyl (C=O) groups is 2. The number of hydrogen-bond donors (Lipinski definition) is 8. The predicted octanol–water partition coefficient (Wildman–Crippen LogP) is 3.01. The van der Waals surface area contributed by atoms with E-state index >= 15 is 0 Å². The van der Waals surface area contributed by atoms with Crippen molar-refractivity contribution in [1.82, 2.24) is 0 Å². The first kappa shape index (κ1) is 32.5. The lowest BCUT2D eigenvalue weighted by molar-refractivity contribution is -0.118. The van der Waals surface area contributed by atoms with Gasteiger partial charge in [-0.1, -0.05) is 25.0 Å². The van der Waals surface area contributed by atoms with Crippen LogP contribution in [0, 0.1) is 0 Å². The Morgan fingerprint density at radius 2 is 1.10 bits per heavy atom. The fraction of sp³-hybridized carbons (Fsp3) is 0.400. The van der Waals surface area contributed by atoms with Gasteiger partial charge in [0.2, 0.25) is 11.8 Å². The van der Waals surface area contributed by atoms with Crippen molar-refractivity contribution in [3.8, 4) is 22.6 Å². The summed E-state index contributed by atoms with van der Waals surface area (Å²) in [6.45, 7) is 8.59. The van der Waals surface area contributed by atoms with E-state index in [0.717, 1.165) is 24.0 Å². The Morgan fingerprint density at radius 1 is 0.725 bits per heavy atom. The van der Waals surface area contributed by atoms with Gasteiger partial charge in [-0.25, -0.2) is 0 Å². The van der Waals surface area contributed by atoms with Crippen LogP contribution in [0.3, 0.4) is 0 Å². The molecule has 0 unspecified atom stereocenters. The highest BCUT2D eigenvalue weighted by Crippen LogP contribution is 2.44. The van der Waals surface area contributed by atoms with Crippen molar-refractivity contribution >= 4 is 23.2 Å². The standard InChI is InChI=1S/C30H44N6O4/c1-3-9-19-15-21(27(37)25(17-19)35-29(39)23(33)11-5-7-13-31)22-16-20(10-4-2)18-26(28(22)38)36-30(40)24(34)12-6-8-14-32/h3-4,15-18,23-24,37-38H,1-2,5-14,31-34H2,(H,35,39)(H,36,40)/t23-,24-/m0/s1. The molecule has 0 heterocycles. The lowest BCUT2D eigenvalue weighted by Crippen LogP contribution is -2.35. The molecular formula is C30H44N6O4. The molecule has 2 rings (SSSR count). The molecule has 0 aliphatic rings. The van der Waals surface area contributed by atoms with Gasteiger partial charge in [0, 0.05) is 11.1 Å². The van der Waals surface area contributed by atoms with Crippen LogP contribution in [0.2, 0.25) is 0 Å². The number of amides is 2. The van der Waals surface area contributed by atoms with Crippen LogP contribution in [-0.2, 0) is 22.4 Å². The zero-order valence-corrected chi connectivity index (χ0v) is 23.1. The van der Waals surface area contributed by atoms with Gasteiger partial charge in [-0.15, -0.1) is 13.2 Å². The number of aromatic hydroxyl groups is 2. The van der Waals surface area contributed by atoms with Crippen LogP contribution < -0.4 is 33.6 Å². The maximum absolute atomic E-state index is 12.8. The smallest absolute Gasteiger partial charge is 0.241 e. The Hall–Kier alpha value is -3.70. The first-order valence-electron chi connectivity index (χ1n) is 13.6. The molecule has 2 amide bonds. The number of unbranched alkanes of at least 4 members (excludes halogenated alkanes) is 2. The fourth-order valence-corrected chi connectivity index (χ4v) is 4.29. The van der Waals surface area contributed by atoms with Gasteiger partial charge in [0.1, 0.15) is 11.5 Å². The van der Waals surface area contributed by atoms with Crippen molar-refractivity contribution in [1.29, 1.82) is 0 Å². The molecule has 0 radical (unpaired) electrons. The molecule has 0 fully saturated rings. The van der Waals surface area contributed by atoms with E-state index in [0.29, 0.717) is 51.6 Å². The Bertz CT molecular complexity index is 1090. The second-order valence-electron chi connectivity index (χ2n) is 9.83. The third-order valence-corrected chi connectivity index (χ3v) is 6.52. The number of hydrogen-bond acceptors (Lipinski definition) is 8. The van der Waals surface area contributed by atoms with Crippen molar-refractivity contribution in [2.45, 2.75) is 63.5 Å². The molecule has 12 N–H and O–H groups in total. The van der Waals surface area contributed by atoms with Crippen molar-refractivity contribution in [2.24, 2.45) is 22.9 Å². The largest absolute Gasteiger partial charge is 0.505 e. The van der Waals surface area contributed by atoms with Gasteiger partial charge in [-0.2, -0.15) is 0 Å². The van der Waals surface area contributed by atoms with E-state index in [1.165, 1.54) is 0 Å². The average molecular weight is 553 g/mol. The summed E-state index contributed by atoms with van der Waals surface area (Å²) in [6.07, 6.45) is 8.06. The summed E-state index contributed by atoms with van der Waals surface area (Å²) >= 11 is 0. The fourth-order valence-electron chi connectivity index (χ4n) is 4.29. The third kappa shape index (κ3) is 9.20. The van der Waals surface area contributed by atoms with Gasteiger partial charge in [0.15, 0.2) is 0 Å². The molecule has 0 saturated heterocycles.